The molecule has 0 aliphatic carbocycles. The Bertz CT molecular complexity index is 459. The standard InChI is InChI=1S/C13H16F2N2OS/c1-2-11(12(16)19)13(18)17-4-3-8-5-9(14)7-10(15)6-8/h5-7,11H,2-4H2,1H3,(H2,16,19)(H,17,18). The predicted molar refractivity (Wildman–Crippen MR) is 73.6 cm³/mol. The van der Waals surface area contributed by atoms with E-state index >= 15 is 0 Å². The monoisotopic (exact) mass is 286 g/mol. The van der Waals surface area contributed by atoms with Gasteiger partial charge < -0.3 is 11.1 Å². The molecule has 1 atom stereocenters. The Labute approximate surface area is 116 Å². The fourth-order valence-electron chi connectivity index (χ4n) is 1.72. The molecule has 0 bridgehead atoms. The maximum atomic E-state index is 12.9. The second-order valence-corrected chi connectivity index (χ2v) is 4.65. The molecule has 0 fully saturated rings. The van der Waals surface area contributed by atoms with Crippen LogP contribution in [0.4, 0.5) is 8.78 Å². The highest BCUT2D eigenvalue weighted by atomic mass is 32.1. The average molecular weight is 286 g/mol. The van der Waals surface area contributed by atoms with Crippen LogP contribution in [0.25, 0.3) is 0 Å². The predicted octanol–water partition coefficient (Wildman–Crippen LogP) is 1.94. The van der Waals surface area contributed by atoms with Crippen LogP contribution >= 0.6 is 12.2 Å². The van der Waals surface area contributed by atoms with Gasteiger partial charge >= 0.3 is 0 Å². The number of amides is 1. The Morgan fingerprint density at radius 1 is 1.37 bits per heavy atom. The molecule has 0 saturated heterocycles. The van der Waals surface area contributed by atoms with E-state index in [2.05, 4.69) is 5.32 Å². The summed E-state index contributed by atoms with van der Waals surface area (Å²) < 4.78 is 25.9. The summed E-state index contributed by atoms with van der Waals surface area (Å²) in [7, 11) is 0. The van der Waals surface area contributed by atoms with Gasteiger partial charge in [-0.15, -0.1) is 0 Å². The van der Waals surface area contributed by atoms with Gasteiger partial charge in [0.1, 0.15) is 11.6 Å². The quantitative estimate of drug-likeness (QED) is 0.786. The molecule has 3 N–H and O–H groups in total. The molecule has 1 aromatic carbocycles. The topological polar surface area (TPSA) is 55.1 Å². The molecule has 6 heteroatoms. The molecule has 0 radical (unpaired) electrons. The van der Waals surface area contributed by atoms with Crippen molar-refractivity contribution in [2.24, 2.45) is 11.7 Å². The van der Waals surface area contributed by atoms with Crippen LogP contribution in [0.15, 0.2) is 18.2 Å². The van der Waals surface area contributed by atoms with Gasteiger partial charge in [0.15, 0.2) is 0 Å². The Balaban J connectivity index is 2.50. The Hall–Kier alpha value is -1.56. The van der Waals surface area contributed by atoms with Crippen LogP contribution in [0.2, 0.25) is 0 Å². The molecular weight excluding hydrogens is 270 g/mol. The Morgan fingerprint density at radius 3 is 2.42 bits per heavy atom. The van der Waals surface area contributed by atoms with E-state index in [4.69, 9.17) is 18.0 Å². The van der Waals surface area contributed by atoms with Crippen LogP contribution in [-0.2, 0) is 11.2 Å². The first kappa shape index (κ1) is 15.5. The van der Waals surface area contributed by atoms with Crippen LogP contribution in [0.3, 0.4) is 0 Å². The SMILES string of the molecule is CCC(C(=O)NCCc1cc(F)cc(F)c1)C(N)=S. The average Bonchev–Trinajstić information content (AvgIpc) is 2.27. The summed E-state index contributed by atoms with van der Waals surface area (Å²) in [5.74, 6) is -2.02. The molecule has 104 valence electrons. The van der Waals surface area contributed by atoms with Crippen LogP contribution in [-0.4, -0.2) is 17.4 Å². The van der Waals surface area contributed by atoms with Gasteiger partial charge in [0.05, 0.1) is 10.9 Å². The van der Waals surface area contributed by atoms with Crippen molar-refractivity contribution in [1.82, 2.24) is 5.32 Å². The van der Waals surface area contributed by atoms with Crippen molar-refractivity contribution < 1.29 is 13.6 Å². The second kappa shape index (κ2) is 7.13. The van der Waals surface area contributed by atoms with Crippen LogP contribution < -0.4 is 11.1 Å². The molecule has 3 nitrogen and oxygen atoms in total. The van der Waals surface area contributed by atoms with Gasteiger partial charge in [-0.25, -0.2) is 8.78 Å². The molecule has 0 saturated carbocycles. The lowest BCUT2D eigenvalue weighted by Gasteiger charge is -2.13. The fraction of sp³-hybridized carbons (Fsp3) is 0.385. The van der Waals surface area contributed by atoms with E-state index in [1.807, 2.05) is 6.92 Å². The fourth-order valence-corrected chi connectivity index (χ4v) is 2.00. The van der Waals surface area contributed by atoms with E-state index in [0.29, 0.717) is 18.4 Å². The van der Waals surface area contributed by atoms with Gasteiger partial charge in [0.2, 0.25) is 5.91 Å². The van der Waals surface area contributed by atoms with Crippen molar-refractivity contribution in [3.63, 3.8) is 0 Å². The molecule has 0 spiro atoms. The van der Waals surface area contributed by atoms with E-state index in [9.17, 15) is 13.6 Å². The smallest absolute Gasteiger partial charge is 0.229 e. The van der Waals surface area contributed by atoms with Gasteiger partial charge in [0, 0.05) is 12.6 Å². The van der Waals surface area contributed by atoms with E-state index in [1.54, 1.807) is 0 Å². The minimum Gasteiger partial charge on any atom is -0.393 e. The van der Waals surface area contributed by atoms with Crippen molar-refractivity contribution in [3.8, 4) is 0 Å². The van der Waals surface area contributed by atoms with Crippen molar-refractivity contribution in [2.75, 3.05) is 6.54 Å². The molecule has 19 heavy (non-hydrogen) atoms. The number of hydrogen-bond acceptors (Lipinski definition) is 2. The Morgan fingerprint density at radius 2 is 1.95 bits per heavy atom. The summed E-state index contributed by atoms with van der Waals surface area (Å²) in [5, 5.41) is 2.65. The molecule has 1 aromatic rings. The van der Waals surface area contributed by atoms with E-state index < -0.39 is 17.6 Å². The van der Waals surface area contributed by atoms with Gasteiger partial charge in [-0.1, -0.05) is 19.1 Å². The third-order valence-corrected chi connectivity index (χ3v) is 2.99. The number of thiocarbonyl (C=S) groups is 1. The zero-order valence-electron chi connectivity index (χ0n) is 10.6. The third kappa shape index (κ3) is 4.90. The van der Waals surface area contributed by atoms with E-state index in [-0.39, 0.29) is 17.4 Å². The number of nitrogens with two attached hydrogens (primary N) is 1. The summed E-state index contributed by atoms with van der Waals surface area (Å²) in [6.07, 6.45) is 0.865. The molecule has 0 heterocycles. The molecule has 0 aliphatic rings. The highest BCUT2D eigenvalue weighted by Gasteiger charge is 2.18. The maximum absolute atomic E-state index is 12.9. The maximum Gasteiger partial charge on any atom is 0.229 e. The molecule has 1 amide bonds. The summed E-state index contributed by atoms with van der Waals surface area (Å²) in [4.78, 5) is 11.9. The van der Waals surface area contributed by atoms with Gasteiger partial charge in [-0.2, -0.15) is 0 Å². The largest absolute Gasteiger partial charge is 0.393 e. The lowest BCUT2D eigenvalue weighted by Crippen LogP contribution is -2.38. The minimum atomic E-state index is -0.629. The number of nitrogens with one attached hydrogen (secondary N) is 1. The highest BCUT2D eigenvalue weighted by molar-refractivity contribution is 7.80. The first-order chi connectivity index (χ1) is 8.93. The van der Waals surface area contributed by atoms with E-state index in [1.165, 1.54) is 12.1 Å². The highest BCUT2D eigenvalue weighted by Crippen LogP contribution is 2.08. The van der Waals surface area contributed by atoms with Gasteiger partial charge in [0.25, 0.3) is 0 Å². The number of hydrogen-bond donors (Lipinski definition) is 2. The normalized spacial score (nSPS) is 11.9. The third-order valence-electron chi connectivity index (χ3n) is 2.70. The molecular formula is C13H16F2N2OS. The summed E-state index contributed by atoms with van der Waals surface area (Å²) >= 11 is 4.79. The second-order valence-electron chi connectivity index (χ2n) is 4.18. The zero-order chi connectivity index (χ0) is 14.4. The molecule has 0 aliphatic heterocycles. The minimum absolute atomic E-state index is 0.150. The van der Waals surface area contributed by atoms with Crippen molar-refractivity contribution >= 4 is 23.1 Å². The lowest BCUT2D eigenvalue weighted by atomic mass is 10.1. The first-order valence-corrected chi connectivity index (χ1v) is 6.36. The van der Waals surface area contributed by atoms with Crippen LogP contribution in [0, 0.1) is 17.6 Å². The van der Waals surface area contributed by atoms with Gasteiger partial charge in [-0.05, 0) is 30.5 Å². The van der Waals surface area contributed by atoms with Crippen LogP contribution in [0.1, 0.15) is 18.9 Å². The van der Waals surface area contributed by atoms with E-state index in [0.717, 1.165) is 6.07 Å². The van der Waals surface area contributed by atoms with Crippen LogP contribution in [0.5, 0.6) is 0 Å². The zero-order valence-corrected chi connectivity index (χ0v) is 11.4. The summed E-state index contributed by atoms with van der Waals surface area (Å²) in [5.41, 5.74) is 5.93. The summed E-state index contributed by atoms with van der Waals surface area (Å²) in [6.45, 7) is 2.09. The Kier molecular flexibility index (Phi) is 5.82. The number of rotatable bonds is 6. The molecule has 1 rings (SSSR count). The van der Waals surface area contributed by atoms with Crippen molar-refractivity contribution in [3.05, 3.63) is 35.4 Å². The number of benzene rings is 1. The first-order valence-electron chi connectivity index (χ1n) is 5.96. The van der Waals surface area contributed by atoms with Crippen molar-refractivity contribution in [1.29, 1.82) is 0 Å². The van der Waals surface area contributed by atoms with Gasteiger partial charge in [-0.3, -0.25) is 4.79 Å². The lowest BCUT2D eigenvalue weighted by molar-refractivity contribution is -0.123. The molecule has 0 aromatic heterocycles. The number of carbonyl (C=O) groups is 1. The number of carbonyl (C=O) groups excluding carboxylic acids is 1. The van der Waals surface area contributed by atoms with Crippen molar-refractivity contribution in [2.45, 2.75) is 19.8 Å². The number of halogens is 2. The molecule has 1 unspecified atom stereocenters. The summed E-state index contributed by atoms with van der Waals surface area (Å²) in [6, 6.07) is 3.28.